The molecule has 0 saturated heterocycles. The van der Waals surface area contributed by atoms with Crippen molar-refractivity contribution in [3.63, 3.8) is 0 Å². The van der Waals surface area contributed by atoms with Crippen LogP contribution >= 0.6 is 11.6 Å². The minimum Gasteiger partial charge on any atom is -0.342 e. The van der Waals surface area contributed by atoms with E-state index >= 15 is 0 Å². The minimum absolute atomic E-state index is 0.115. The normalized spacial score (nSPS) is 15.4. The van der Waals surface area contributed by atoms with Gasteiger partial charge in [-0.1, -0.05) is 41.9 Å². The molecule has 0 radical (unpaired) electrons. The highest BCUT2D eigenvalue weighted by Crippen LogP contribution is 2.34. The van der Waals surface area contributed by atoms with E-state index in [1.165, 1.54) is 28.6 Å². The molecule has 28 heavy (non-hydrogen) atoms. The van der Waals surface area contributed by atoms with Gasteiger partial charge in [0.15, 0.2) is 0 Å². The first-order chi connectivity index (χ1) is 13.3. The Hall–Kier alpha value is -1.89. The van der Waals surface area contributed by atoms with E-state index in [9.17, 15) is 13.2 Å². The van der Waals surface area contributed by atoms with Crippen LogP contribution in [0.4, 0.5) is 0 Å². The number of hydrogen-bond acceptors (Lipinski definition) is 3. The van der Waals surface area contributed by atoms with E-state index in [1.54, 1.807) is 11.9 Å². The second-order valence-electron chi connectivity index (χ2n) is 7.30. The van der Waals surface area contributed by atoms with Crippen molar-refractivity contribution in [2.45, 2.75) is 37.2 Å². The van der Waals surface area contributed by atoms with Gasteiger partial charge in [0.2, 0.25) is 15.9 Å². The Labute approximate surface area is 172 Å². The quantitative estimate of drug-likeness (QED) is 0.652. The number of carbonyl (C=O) groups is 1. The SMILES string of the molecule is CC(C1CC1)N(C)C(=O)CN(Cc1ccccc1)S(=O)(=O)c1ccc(Cl)cc1. The monoisotopic (exact) mass is 420 g/mol. The molecule has 0 N–H and O–H groups in total. The van der Waals surface area contributed by atoms with Gasteiger partial charge in [0.1, 0.15) is 0 Å². The molecule has 0 bridgehead atoms. The number of amides is 1. The summed E-state index contributed by atoms with van der Waals surface area (Å²) in [6, 6.07) is 15.4. The second kappa shape index (κ2) is 8.64. The zero-order chi connectivity index (χ0) is 20.3. The summed E-state index contributed by atoms with van der Waals surface area (Å²) in [5.41, 5.74) is 0.825. The van der Waals surface area contributed by atoms with Crippen molar-refractivity contribution in [3.05, 3.63) is 65.2 Å². The summed E-state index contributed by atoms with van der Waals surface area (Å²) in [4.78, 5) is 14.6. The largest absolute Gasteiger partial charge is 0.342 e. The zero-order valence-corrected chi connectivity index (χ0v) is 17.7. The summed E-state index contributed by atoms with van der Waals surface area (Å²) in [6.45, 7) is 1.95. The third kappa shape index (κ3) is 4.93. The molecule has 1 aliphatic carbocycles. The average Bonchev–Trinajstić information content (AvgIpc) is 3.52. The first kappa shape index (κ1) is 20.8. The van der Waals surface area contributed by atoms with Gasteiger partial charge in [0.05, 0.1) is 11.4 Å². The molecule has 1 unspecified atom stereocenters. The van der Waals surface area contributed by atoms with Gasteiger partial charge in [-0.2, -0.15) is 4.31 Å². The van der Waals surface area contributed by atoms with Crippen LogP contribution in [0.15, 0.2) is 59.5 Å². The van der Waals surface area contributed by atoms with E-state index in [0.717, 1.165) is 18.4 Å². The molecular formula is C21H25ClN2O3S. The number of sulfonamides is 1. The molecule has 1 amide bonds. The van der Waals surface area contributed by atoms with Gasteiger partial charge in [-0.15, -0.1) is 0 Å². The number of nitrogens with zero attached hydrogens (tertiary/aromatic N) is 2. The summed E-state index contributed by atoms with van der Waals surface area (Å²) >= 11 is 5.90. The third-order valence-electron chi connectivity index (χ3n) is 5.27. The van der Waals surface area contributed by atoms with Crippen LogP contribution in [0.1, 0.15) is 25.3 Å². The molecule has 3 rings (SSSR count). The van der Waals surface area contributed by atoms with Gasteiger partial charge >= 0.3 is 0 Å². The fraction of sp³-hybridized carbons (Fsp3) is 0.381. The summed E-state index contributed by atoms with van der Waals surface area (Å²) < 4.78 is 27.7. The standard InChI is InChI=1S/C21H25ClN2O3S/c1-16(18-8-9-18)23(2)21(25)15-24(14-17-6-4-3-5-7-17)28(26,27)20-12-10-19(22)11-13-20/h3-7,10-13,16,18H,8-9,14-15H2,1-2H3. The summed E-state index contributed by atoms with van der Waals surface area (Å²) in [6.07, 6.45) is 2.24. The van der Waals surface area contributed by atoms with Crippen LogP contribution < -0.4 is 0 Å². The molecule has 0 heterocycles. The Morgan fingerprint density at radius 1 is 1.11 bits per heavy atom. The first-order valence-corrected chi connectivity index (χ1v) is 11.2. The number of halogens is 1. The smallest absolute Gasteiger partial charge is 0.243 e. The van der Waals surface area contributed by atoms with Crippen molar-refractivity contribution in [1.82, 2.24) is 9.21 Å². The lowest BCUT2D eigenvalue weighted by molar-refractivity contribution is -0.132. The molecule has 2 aromatic carbocycles. The Morgan fingerprint density at radius 2 is 1.71 bits per heavy atom. The lowest BCUT2D eigenvalue weighted by atomic mass is 10.2. The third-order valence-corrected chi connectivity index (χ3v) is 7.33. The van der Waals surface area contributed by atoms with E-state index in [4.69, 9.17) is 11.6 Å². The first-order valence-electron chi connectivity index (χ1n) is 9.34. The molecule has 0 aromatic heterocycles. The van der Waals surface area contributed by atoms with E-state index in [-0.39, 0.29) is 29.9 Å². The minimum atomic E-state index is -3.85. The Kier molecular flexibility index (Phi) is 6.43. The highest BCUT2D eigenvalue weighted by Gasteiger charge is 2.34. The van der Waals surface area contributed by atoms with Crippen LogP contribution in [0.2, 0.25) is 5.02 Å². The van der Waals surface area contributed by atoms with Gasteiger partial charge in [0.25, 0.3) is 0 Å². The van der Waals surface area contributed by atoms with Crippen molar-refractivity contribution in [1.29, 1.82) is 0 Å². The highest BCUT2D eigenvalue weighted by atomic mass is 35.5. The van der Waals surface area contributed by atoms with E-state index in [1.807, 2.05) is 37.3 Å². The molecule has 1 aliphatic rings. The molecule has 0 spiro atoms. The number of likely N-dealkylation sites (N-methyl/N-ethyl adjacent to an activating group) is 1. The fourth-order valence-electron chi connectivity index (χ4n) is 3.15. The Balaban J connectivity index is 1.85. The molecule has 1 fully saturated rings. The fourth-order valence-corrected chi connectivity index (χ4v) is 4.66. The van der Waals surface area contributed by atoms with Gasteiger partial charge in [0, 0.05) is 24.7 Å². The van der Waals surface area contributed by atoms with E-state index in [0.29, 0.717) is 10.9 Å². The van der Waals surface area contributed by atoms with Gasteiger partial charge in [-0.25, -0.2) is 8.42 Å². The molecule has 5 nitrogen and oxygen atoms in total. The maximum atomic E-state index is 13.2. The number of carbonyl (C=O) groups excluding carboxylic acids is 1. The average molecular weight is 421 g/mol. The predicted molar refractivity (Wildman–Crippen MR) is 110 cm³/mol. The lowest BCUT2D eigenvalue weighted by Crippen LogP contribution is -2.44. The van der Waals surface area contributed by atoms with Gasteiger partial charge in [-0.05, 0) is 55.5 Å². The van der Waals surface area contributed by atoms with Gasteiger partial charge < -0.3 is 4.90 Å². The van der Waals surface area contributed by atoms with Crippen LogP contribution in [-0.4, -0.2) is 43.2 Å². The van der Waals surface area contributed by atoms with Crippen molar-refractivity contribution in [2.24, 2.45) is 5.92 Å². The highest BCUT2D eigenvalue weighted by molar-refractivity contribution is 7.89. The summed E-state index contributed by atoms with van der Waals surface area (Å²) in [7, 11) is -2.10. The van der Waals surface area contributed by atoms with Crippen LogP contribution in [-0.2, 0) is 21.4 Å². The van der Waals surface area contributed by atoms with Crippen LogP contribution in [0.3, 0.4) is 0 Å². The Morgan fingerprint density at radius 3 is 2.29 bits per heavy atom. The van der Waals surface area contributed by atoms with Crippen molar-refractivity contribution < 1.29 is 13.2 Å². The number of rotatable bonds is 8. The molecule has 1 atom stereocenters. The van der Waals surface area contributed by atoms with Crippen molar-refractivity contribution in [3.8, 4) is 0 Å². The maximum absolute atomic E-state index is 13.2. The summed E-state index contributed by atoms with van der Waals surface area (Å²) in [5, 5.41) is 0.461. The van der Waals surface area contributed by atoms with Crippen LogP contribution in [0.5, 0.6) is 0 Å². The van der Waals surface area contributed by atoms with Gasteiger partial charge in [-0.3, -0.25) is 4.79 Å². The van der Waals surface area contributed by atoms with Crippen LogP contribution in [0.25, 0.3) is 0 Å². The van der Waals surface area contributed by atoms with Crippen molar-refractivity contribution >= 4 is 27.5 Å². The molecule has 2 aromatic rings. The number of benzene rings is 2. The molecule has 0 aliphatic heterocycles. The predicted octanol–water partition coefficient (Wildman–Crippen LogP) is 3.79. The lowest BCUT2D eigenvalue weighted by Gasteiger charge is -2.28. The van der Waals surface area contributed by atoms with Crippen molar-refractivity contribution in [2.75, 3.05) is 13.6 Å². The molecule has 7 heteroatoms. The zero-order valence-electron chi connectivity index (χ0n) is 16.1. The maximum Gasteiger partial charge on any atom is 0.243 e. The van der Waals surface area contributed by atoms with Crippen LogP contribution in [0, 0.1) is 5.92 Å². The molecular weight excluding hydrogens is 396 g/mol. The Bertz CT molecular complexity index is 912. The summed E-state index contributed by atoms with van der Waals surface area (Å²) in [5.74, 6) is 0.317. The van der Waals surface area contributed by atoms with E-state index < -0.39 is 10.0 Å². The number of hydrogen-bond donors (Lipinski definition) is 0. The topological polar surface area (TPSA) is 57.7 Å². The molecule has 1 saturated carbocycles. The molecule has 150 valence electrons. The van der Waals surface area contributed by atoms with E-state index in [2.05, 4.69) is 0 Å². The second-order valence-corrected chi connectivity index (χ2v) is 9.67.